The van der Waals surface area contributed by atoms with E-state index in [9.17, 15) is 23.5 Å². The first-order chi connectivity index (χ1) is 16.6. The monoisotopic (exact) mass is 544 g/mol. The average Bonchev–Trinajstić information content (AvgIpc) is 3.41. The van der Waals surface area contributed by atoms with Gasteiger partial charge in [0.05, 0.1) is 18.7 Å². The summed E-state index contributed by atoms with van der Waals surface area (Å²) < 4.78 is 33.6. The Morgan fingerprint density at radius 1 is 1.37 bits per heavy atom. The highest BCUT2D eigenvalue weighted by Crippen LogP contribution is 2.39. The zero-order chi connectivity index (χ0) is 25.3. The van der Waals surface area contributed by atoms with Crippen molar-refractivity contribution in [1.29, 1.82) is 0 Å². The van der Waals surface area contributed by atoms with Gasteiger partial charge in [0.2, 0.25) is 0 Å². The molecule has 1 aromatic heterocycles. The van der Waals surface area contributed by atoms with Gasteiger partial charge in [-0.05, 0) is 19.1 Å². The number of thiazole rings is 1. The van der Waals surface area contributed by atoms with Crippen molar-refractivity contribution in [2.24, 2.45) is 4.99 Å². The summed E-state index contributed by atoms with van der Waals surface area (Å²) in [5, 5.41) is 15.4. The van der Waals surface area contributed by atoms with Crippen molar-refractivity contribution in [2.75, 3.05) is 19.7 Å². The number of carbonyl (C=O) groups is 2. The number of esters is 1. The van der Waals surface area contributed by atoms with Crippen molar-refractivity contribution in [2.45, 2.75) is 31.4 Å². The Kier molecular flexibility index (Phi) is 7.41. The minimum atomic E-state index is -3.19. The highest BCUT2D eigenvalue weighted by Gasteiger charge is 2.49. The maximum atomic E-state index is 14.2. The predicted molar refractivity (Wildman–Crippen MR) is 127 cm³/mol. The number of benzene rings is 1. The number of nitrogens with one attached hydrogen (secondary N) is 1. The number of hydrogen-bond acceptors (Lipinski definition) is 8. The fraction of sp³-hybridized carbons (Fsp3) is 0.364. The van der Waals surface area contributed by atoms with Gasteiger partial charge in [0.15, 0.2) is 10.8 Å². The molecule has 0 bridgehead atoms. The van der Waals surface area contributed by atoms with Crippen molar-refractivity contribution in [3.63, 3.8) is 0 Å². The fourth-order valence-corrected chi connectivity index (χ4v) is 5.16. The number of aliphatic carboxylic acids is 1. The molecule has 3 heterocycles. The topological polar surface area (TPSA) is 104 Å². The molecule has 2 aliphatic rings. The van der Waals surface area contributed by atoms with Gasteiger partial charge in [-0.2, -0.15) is 0 Å². The zero-order valence-corrected chi connectivity index (χ0v) is 20.6. The third kappa shape index (κ3) is 5.48. The van der Waals surface area contributed by atoms with E-state index in [0.717, 1.165) is 4.90 Å². The third-order valence-electron chi connectivity index (χ3n) is 5.53. The summed E-state index contributed by atoms with van der Waals surface area (Å²) in [5.74, 6) is -5.00. The molecule has 1 saturated heterocycles. The smallest absolute Gasteiger partial charge is 0.338 e. The molecule has 0 aliphatic carbocycles. The number of ether oxygens (including phenoxy) is 1. The highest BCUT2D eigenvalue weighted by molar-refractivity contribution is 7.11. The lowest BCUT2D eigenvalue weighted by Gasteiger charge is -2.30. The van der Waals surface area contributed by atoms with Crippen LogP contribution in [0.15, 0.2) is 46.0 Å². The quantitative estimate of drug-likeness (QED) is 0.504. The van der Waals surface area contributed by atoms with E-state index in [0.29, 0.717) is 15.6 Å². The molecular weight excluding hydrogens is 525 g/mol. The van der Waals surface area contributed by atoms with Crippen LogP contribution < -0.4 is 5.32 Å². The van der Waals surface area contributed by atoms with E-state index in [1.54, 1.807) is 30.6 Å². The van der Waals surface area contributed by atoms with Crippen LogP contribution in [0.5, 0.6) is 0 Å². The summed E-state index contributed by atoms with van der Waals surface area (Å²) in [4.78, 5) is 34.9. The number of amidine groups is 1. The highest BCUT2D eigenvalue weighted by atomic mass is 35.5. The second kappa shape index (κ2) is 10.2. The van der Waals surface area contributed by atoms with Crippen molar-refractivity contribution < 1.29 is 28.2 Å². The molecule has 8 nitrogen and oxygen atoms in total. The molecule has 1 fully saturated rings. The number of aromatic nitrogens is 1. The Bertz CT molecular complexity index is 1210. The van der Waals surface area contributed by atoms with Crippen LogP contribution in [0.4, 0.5) is 8.78 Å². The lowest BCUT2D eigenvalue weighted by molar-refractivity contribution is -0.142. The lowest BCUT2D eigenvalue weighted by Crippen LogP contribution is -2.43. The van der Waals surface area contributed by atoms with Crippen LogP contribution in [0.25, 0.3) is 0 Å². The summed E-state index contributed by atoms with van der Waals surface area (Å²) in [5.41, 5.74) is 0.660. The van der Waals surface area contributed by atoms with E-state index in [-0.39, 0.29) is 35.3 Å². The molecule has 186 valence electrons. The number of hydrogen-bond donors (Lipinski definition) is 2. The largest absolute Gasteiger partial charge is 0.480 e. The summed E-state index contributed by atoms with van der Waals surface area (Å²) in [6.07, 6.45) is 0.741. The maximum absolute atomic E-state index is 14.2. The minimum Gasteiger partial charge on any atom is -0.480 e. The maximum Gasteiger partial charge on any atom is 0.338 e. The van der Waals surface area contributed by atoms with Crippen LogP contribution in [-0.2, 0) is 14.3 Å². The van der Waals surface area contributed by atoms with Gasteiger partial charge in [-0.25, -0.2) is 18.6 Å². The van der Waals surface area contributed by atoms with Crippen LogP contribution in [0, 0.1) is 0 Å². The summed E-state index contributed by atoms with van der Waals surface area (Å²) in [6.45, 7) is 0.623. The van der Waals surface area contributed by atoms with E-state index >= 15 is 0 Å². The Balaban J connectivity index is 1.84. The average molecular weight is 545 g/mol. The standard InChI is InChI=1S/C22H20Cl2F2N4O4S/c1-2-34-21(33)16-14(9-30-10-22(25,26)8-15(30)20(31)32)28-18(19-27-5-6-35-19)29-17(16)12-4-3-11(23)7-13(12)24/h3-7,15,17H,2,8-10H2,1H3,(H,28,29)(H,31,32). The summed E-state index contributed by atoms with van der Waals surface area (Å²) >= 11 is 13.8. The first-order valence-electron chi connectivity index (χ1n) is 10.5. The molecule has 0 amide bonds. The van der Waals surface area contributed by atoms with E-state index in [1.165, 1.54) is 17.4 Å². The Morgan fingerprint density at radius 3 is 2.77 bits per heavy atom. The number of carbonyl (C=O) groups excluding carboxylic acids is 1. The van der Waals surface area contributed by atoms with Crippen LogP contribution in [0.1, 0.15) is 30.0 Å². The molecule has 0 spiro atoms. The summed E-state index contributed by atoms with van der Waals surface area (Å²) in [6, 6.07) is 2.31. The number of nitrogens with zero attached hydrogens (tertiary/aromatic N) is 3. The molecule has 0 saturated carbocycles. The van der Waals surface area contributed by atoms with Crippen LogP contribution in [0.2, 0.25) is 10.0 Å². The number of aliphatic imine (C=N–C) groups is 1. The molecule has 1 aromatic carbocycles. The first kappa shape index (κ1) is 25.5. The van der Waals surface area contributed by atoms with E-state index in [4.69, 9.17) is 27.9 Å². The normalized spacial score (nSPS) is 22.0. The van der Waals surface area contributed by atoms with Gasteiger partial charge < -0.3 is 15.2 Å². The van der Waals surface area contributed by atoms with Gasteiger partial charge in [0, 0.05) is 45.8 Å². The Hall–Kier alpha value is -2.60. The van der Waals surface area contributed by atoms with E-state index < -0.39 is 42.9 Å². The van der Waals surface area contributed by atoms with Gasteiger partial charge in [0.25, 0.3) is 5.92 Å². The number of rotatable bonds is 7. The molecule has 2 atom stereocenters. The first-order valence-corrected chi connectivity index (χ1v) is 12.2. The summed E-state index contributed by atoms with van der Waals surface area (Å²) in [7, 11) is 0. The van der Waals surface area contributed by atoms with Gasteiger partial charge in [0.1, 0.15) is 12.1 Å². The fourth-order valence-electron chi connectivity index (χ4n) is 4.06. The van der Waals surface area contributed by atoms with Gasteiger partial charge in [-0.15, -0.1) is 11.3 Å². The molecular formula is C22H20Cl2F2N4O4S. The van der Waals surface area contributed by atoms with Crippen molar-refractivity contribution in [3.8, 4) is 0 Å². The lowest BCUT2D eigenvalue weighted by atomic mass is 9.95. The molecule has 2 aliphatic heterocycles. The number of carboxylic acid groups (broad SMARTS) is 1. The van der Waals surface area contributed by atoms with Crippen LogP contribution in [0.3, 0.4) is 0 Å². The number of alkyl halides is 2. The van der Waals surface area contributed by atoms with Crippen LogP contribution in [-0.4, -0.2) is 64.4 Å². The number of carboxylic acids is 1. The second-order valence-corrected chi connectivity index (χ2v) is 9.68. The number of halogens is 4. The number of likely N-dealkylation sites (tertiary alicyclic amines) is 1. The van der Waals surface area contributed by atoms with Gasteiger partial charge in [-0.3, -0.25) is 14.7 Å². The predicted octanol–water partition coefficient (Wildman–Crippen LogP) is 4.15. The third-order valence-corrected chi connectivity index (χ3v) is 6.87. The van der Waals surface area contributed by atoms with E-state index in [2.05, 4.69) is 15.3 Å². The van der Waals surface area contributed by atoms with Crippen molar-refractivity contribution in [3.05, 3.63) is 61.7 Å². The Morgan fingerprint density at radius 2 is 2.14 bits per heavy atom. The molecule has 2 aromatic rings. The van der Waals surface area contributed by atoms with Crippen LogP contribution >= 0.6 is 34.5 Å². The molecule has 2 unspecified atom stereocenters. The second-order valence-electron chi connectivity index (χ2n) is 7.94. The Labute approximate surface area is 213 Å². The SMILES string of the molecule is CCOC(=O)C1=C(CN2CC(F)(F)CC2C(=O)O)NC(c2nccs2)=NC1c1ccc(Cl)cc1Cl. The molecule has 4 rings (SSSR count). The molecule has 35 heavy (non-hydrogen) atoms. The zero-order valence-electron chi connectivity index (χ0n) is 18.3. The van der Waals surface area contributed by atoms with Crippen molar-refractivity contribution >= 4 is 52.3 Å². The van der Waals surface area contributed by atoms with E-state index in [1.807, 2.05) is 0 Å². The molecule has 13 heteroatoms. The van der Waals surface area contributed by atoms with Gasteiger partial charge in [-0.1, -0.05) is 29.3 Å². The minimum absolute atomic E-state index is 0.0377. The van der Waals surface area contributed by atoms with Crippen molar-refractivity contribution in [1.82, 2.24) is 15.2 Å². The molecule has 2 N–H and O–H groups in total. The van der Waals surface area contributed by atoms with Gasteiger partial charge >= 0.3 is 11.9 Å². The molecule has 0 radical (unpaired) electrons.